The van der Waals surface area contributed by atoms with Crippen LogP contribution >= 0.6 is 0 Å². The summed E-state index contributed by atoms with van der Waals surface area (Å²) in [6.45, 7) is 0. The summed E-state index contributed by atoms with van der Waals surface area (Å²) >= 11 is 0. The Morgan fingerprint density at radius 3 is 2.05 bits per heavy atom. The number of nitrogen functional groups attached to an aromatic ring is 1. The lowest BCUT2D eigenvalue weighted by atomic mass is 10.1. The molecule has 0 amide bonds. The molecular formula is C16H14N4. The Balaban J connectivity index is 1.78. The normalized spacial score (nSPS) is 10.2. The highest BCUT2D eigenvalue weighted by Gasteiger charge is 1.99. The van der Waals surface area contributed by atoms with Crippen LogP contribution in [0.25, 0.3) is 11.1 Å². The molecule has 0 spiro atoms. The summed E-state index contributed by atoms with van der Waals surface area (Å²) in [5.74, 6) is 1.08. The number of nitrogens with zero attached hydrogens (tertiary/aromatic N) is 2. The van der Waals surface area contributed by atoms with Gasteiger partial charge < -0.3 is 11.1 Å². The molecule has 0 radical (unpaired) electrons. The Morgan fingerprint density at radius 2 is 1.40 bits per heavy atom. The van der Waals surface area contributed by atoms with Crippen LogP contribution in [0, 0.1) is 0 Å². The van der Waals surface area contributed by atoms with E-state index in [0.717, 1.165) is 5.69 Å². The standard InChI is InChI=1S/C16H14N4/c17-15-10-11-16(20-19-15)18-14-8-6-13(7-9-14)12-4-2-1-3-5-12/h1-11H,(H2,17,19)(H,18,20). The molecular weight excluding hydrogens is 248 g/mol. The summed E-state index contributed by atoms with van der Waals surface area (Å²) in [6.07, 6.45) is 0. The van der Waals surface area contributed by atoms with E-state index in [1.54, 1.807) is 12.1 Å². The Bertz CT molecular complexity index is 676. The fraction of sp³-hybridized carbons (Fsp3) is 0. The minimum absolute atomic E-state index is 0.412. The Kier molecular flexibility index (Phi) is 3.29. The van der Waals surface area contributed by atoms with Gasteiger partial charge >= 0.3 is 0 Å². The molecule has 3 aromatic rings. The smallest absolute Gasteiger partial charge is 0.153 e. The van der Waals surface area contributed by atoms with E-state index in [2.05, 4.69) is 39.8 Å². The zero-order valence-corrected chi connectivity index (χ0v) is 10.8. The highest BCUT2D eigenvalue weighted by molar-refractivity contribution is 5.67. The first kappa shape index (κ1) is 12.2. The minimum atomic E-state index is 0.412. The number of nitrogens with two attached hydrogens (primary N) is 1. The highest BCUT2D eigenvalue weighted by Crippen LogP contribution is 2.22. The van der Waals surface area contributed by atoms with Crippen molar-refractivity contribution in [3.63, 3.8) is 0 Å². The maximum atomic E-state index is 5.50. The SMILES string of the molecule is Nc1ccc(Nc2ccc(-c3ccccc3)cc2)nn1. The molecule has 0 aliphatic rings. The van der Waals surface area contributed by atoms with Gasteiger partial charge in [-0.1, -0.05) is 42.5 Å². The molecule has 2 aromatic carbocycles. The van der Waals surface area contributed by atoms with Gasteiger partial charge in [0, 0.05) is 5.69 Å². The summed E-state index contributed by atoms with van der Waals surface area (Å²) in [6, 6.07) is 21.9. The molecule has 0 aliphatic heterocycles. The van der Waals surface area contributed by atoms with Gasteiger partial charge in [0.2, 0.25) is 0 Å². The molecule has 98 valence electrons. The second kappa shape index (κ2) is 5.40. The van der Waals surface area contributed by atoms with E-state index in [1.165, 1.54) is 11.1 Å². The van der Waals surface area contributed by atoms with Crippen molar-refractivity contribution in [1.82, 2.24) is 10.2 Å². The minimum Gasteiger partial charge on any atom is -0.382 e. The molecule has 4 heteroatoms. The molecule has 0 unspecified atom stereocenters. The number of rotatable bonds is 3. The number of hydrogen-bond donors (Lipinski definition) is 2. The quantitative estimate of drug-likeness (QED) is 0.758. The van der Waals surface area contributed by atoms with Crippen molar-refractivity contribution < 1.29 is 0 Å². The topological polar surface area (TPSA) is 63.8 Å². The molecule has 4 nitrogen and oxygen atoms in total. The first-order chi connectivity index (χ1) is 9.81. The van der Waals surface area contributed by atoms with Gasteiger partial charge in [-0.2, -0.15) is 0 Å². The van der Waals surface area contributed by atoms with Crippen molar-refractivity contribution in [3.05, 3.63) is 66.7 Å². The summed E-state index contributed by atoms with van der Waals surface area (Å²) in [5.41, 5.74) is 8.85. The molecule has 0 saturated heterocycles. The summed E-state index contributed by atoms with van der Waals surface area (Å²) in [5, 5.41) is 11.0. The molecule has 1 aromatic heterocycles. The molecule has 20 heavy (non-hydrogen) atoms. The van der Waals surface area contributed by atoms with Gasteiger partial charge in [0.25, 0.3) is 0 Å². The Morgan fingerprint density at radius 1 is 0.700 bits per heavy atom. The largest absolute Gasteiger partial charge is 0.382 e. The Hall–Kier alpha value is -2.88. The molecule has 3 N–H and O–H groups in total. The number of anilines is 3. The van der Waals surface area contributed by atoms with Crippen molar-refractivity contribution in [2.45, 2.75) is 0 Å². The van der Waals surface area contributed by atoms with Gasteiger partial charge in [0.15, 0.2) is 5.82 Å². The number of benzene rings is 2. The average Bonchev–Trinajstić information content (AvgIpc) is 2.51. The first-order valence-corrected chi connectivity index (χ1v) is 6.33. The van der Waals surface area contributed by atoms with Crippen LogP contribution in [0.5, 0.6) is 0 Å². The van der Waals surface area contributed by atoms with E-state index in [0.29, 0.717) is 11.6 Å². The van der Waals surface area contributed by atoms with Crippen LogP contribution in [0.4, 0.5) is 17.3 Å². The zero-order chi connectivity index (χ0) is 13.8. The van der Waals surface area contributed by atoms with Crippen LogP contribution in [-0.4, -0.2) is 10.2 Å². The third kappa shape index (κ3) is 2.75. The third-order valence-corrected chi connectivity index (χ3v) is 2.95. The molecule has 3 rings (SSSR count). The summed E-state index contributed by atoms with van der Waals surface area (Å²) in [4.78, 5) is 0. The lowest BCUT2D eigenvalue weighted by molar-refractivity contribution is 1.05. The summed E-state index contributed by atoms with van der Waals surface area (Å²) < 4.78 is 0. The van der Waals surface area contributed by atoms with Crippen molar-refractivity contribution in [2.24, 2.45) is 0 Å². The van der Waals surface area contributed by atoms with Crippen LogP contribution in [0.15, 0.2) is 66.7 Å². The molecule has 0 saturated carbocycles. The first-order valence-electron chi connectivity index (χ1n) is 6.33. The van der Waals surface area contributed by atoms with E-state index >= 15 is 0 Å². The van der Waals surface area contributed by atoms with Crippen LogP contribution < -0.4 is 11.1 Å². The lowest BCUT2D eigenvalue weighted by Gasteiger charge is -2.06. The van der Waals surface area contributed by atoms with E-state index in [1.807, 2.05) is 30.3 Å². The van der Waals surface area contributed by atoms with Crippen molar-refractivity contribution in [3.8, 4) is 11.1 Å². The highest BCUT2D eigenvalue weighted by atomic mass is 15.2. The van der Waals surface area contributed by atoms with Gasteiger partial charge in [0.05, 0.1) is 0 Å². The number of nitrogens with one attached hydrogen (secondary N) is 1. The van der Waals surface area contributed by atoms with Gasteiger partial charge in [-0.15, -0.1) is 10.2 Å². The second-order valence-electron chi connectivity index (χ2n) is 4.41. The molecule has 0 fully saturated rings. The second-order valence-corrected chi connectivity index (χ2v) is 4.41. The maximum absolute atomic E-state index is 5.50. The van der Waals surface area contributed by atoms with Crippen LogP contribution in [-0.2, 0) is 0 Å². The van der Waals surface area contributed by atoms with Crippen LogP contribution in [0.1, 0.15) is 0 Å². The zero-order valence-electron chi connectivity index (χ0n) is 10.8. The monoisotopic (exact) mass is 262 g/mol. The van der Waals surface area contributed by atoms with Crippen LogP contribution in [0.2, 0.25) is 0 Å². The van der Waals surface area contributed by atoms with E-state index in [9.17, 15) is 0 Å². The van der Waals surface area contributed by atoms with Gasteiger partial charge in [-0.3, -0.25) is 0 Å². The molecule has 0 bridgehead atoms. The molecule has 1 heterocycles. The van der Waals surface area contributed by atoms with Crippen molar-refractivity contribution in [2.75, 3.05) is 11.1 Å². The predicted molar refractivity (Wildman–Crippen MR) is 81.6 cm³/mol. The number of hydrogen-bond acceptors (Lipinski definition) is 4. The molecule has 0 aliphatic carbocycles. The van der Waals surface area contributed by atoms with Gasteiger partial charge in [-0.25, -0.2) is 0 Å². The van der Waals surface area contributed by atoms with Crippen molar-refractivity contribution >= 4 is 17.3 Å². The van der Waals surface area contributed by atoms with E-state index in [4.69, 9.17) is 5.73 Å². The number of aromatic nitrogens is 2. The Labute approximate surface area is 117 Å². The average molecular weight is 262 g/mol. The lowest BCUT2D eigenvalue weighted by Crippen LogP contribution is -1.97. The fourth-order valence-corrected chi connectivity index (χ4v) is 1.93. The maximum Gasteiger partial charge on any atom is 0.153 e. The fourth-order valence-electron chi connectivity index (χ4n) is 1.93. The predicted octanol–water partition coefficient (Wildman–Crippen LogP) is 3.47. The van der Waals surface area contributed by atoms with Gasteiger partial charge in [-0.05, 0) is 35.4 Å². The van der Waals surface area contributed by atoms with E-state index in [-0.39, 0.29) is 0 Å². The van der Waals surface area contributed by atoms with Crippen LogP contribution in [0.3, 0.4) is 0 Å². The molecule has 0 atom stereocenters. The summed E-state index contributed by atoms with van der Waals surface area (Å²) in [7, 11) is 0. The van der Waals surface area contributed by atoms with E-state index < -0.39 is 0 Å². The van der Waals surface area contributed by atoms with Crippen molar-refractivity contribution in [1.29, 1.82) is 0 Å². The third-order valence-electron chi connectivity index (χ3n) is 2.95. The van der Waals surface area contributed by atoms with Gasteiger partial charge in [0.1, 0.15) is 5.82 Å².